The van der Waals surface area contributed by atoms with Crippen LogP contribution in [0.1, 0.15) is 37.4 Å². The minimum Gasteiger partial charge on any atom is -0.480 e. The molecule has 0 aliphatic carbocycles. The van der Waals surface area contributed by atoms with E-state index in [9.17, 15) is 19.5 Å². The molecule has 7 nitrogen and oxygen atoms in total. The minimum absolute atomic E-state index is 0.148. The van der Waals surface area contributed by atoms with Crippen molar-refractivity contribution in [1.29, 1.82) is 0 Å². The molecular weight excluding hydrogens is 420 g/mol. The summed E-state index contributed by atoms with van der Waals surface area (Å²) in [6.45, 7) is 3.88. The molecule has 3 unspecified atom stereocenters. The van der Waals surface area contributed by atoms with Crippen LogP contribution in [0, 0.1) is 5.92 Å². The van der Waals surface area contributed by atoms with Gasteiger partial charge in [-0.15, -0.1) is 0 Å². The van der Waals surface area contributed by atoms with Crippen molar-refractivity contribution in [3.8, 4) is 0 Å². The van der Waals surface area contributed by atoms with Gasteiger partial charge in [-0.3, -0.25) is 9.69 Å². The minimum atomic E-state index is -1.04. The molecule has 2 aromatic carbocycles. The highest BCUT2D eigenvalue weighted by Gasteiger charge is 2.58. The first-order valence-electron chi connectivity index (χ1n) is 11.2. The largest absolute Gasteiger partial charge is 0.480 e. The molecule has 33 heavy (non-hydrogen) atoms. The van der Waals surface area contributed by atoms with Gasteiger partial charge in [-0.1, -0.05) is 93.1 Å². The Morgan fingerprint density at radius 2 is 1.76 bits per heavy atom. The van der Waals surface area contributed by atoms with Gasteiger partial charge in [-0.05, 0) is 17.0 Å². The maximum Gasteiger partial charge on any atom is 0.411 e. The third-order valence-corrected chi connectivity index (χ3v) is 6.57. The van der Waals surface area contributed by atoms with Gasteiger partial charge in [0.25, 0.3) is 0 Å². The van der Waals surface area contributed by atoms with Crippen LogP contribution in [0.5, 0.6) is 0 Å². The van der Waals surface area contributed by atoms with E-state index in [0.29, 0.717) is 6.42 Å². The van der Waals surface area contributed by atoms with Gasteiger partial charge in [0.2, 0.25) is 5.91 Å². The molecule has 5 atom stereocenters. The zero-order valence-electron chi connectivity index (χ0n) is 18.7. The summed E-state index contributed by atoms with van der Waals surface area (Å²) in [5, 5.41) is 9.94. The highest BCUT2D eigenvalue weighted by atomic mass is 16.6. The zero-order valence-corrected chi connectivity index (χ0v) is 18.7. The number of hydrogen-bond acceptors (Lipinski definition) is 4. The number of hydrogen-bond donors (Lipinski definition) is 1. The first kappa shape index (κ1) is 22.6. The van der Waals surface area contributed by atoms with Gasteiger partial charge in [0.15, 0.2) is 0 Å². The van der Waals surface area contributed by atoms with Crippen molar-refractivity contribution in [1.82, 2.24) is 9.80 Å². The predicted octanol–water partition coefficient (Wildman–Crippen LogP) is 3.97. The van der Waals surface area contributed by atoms with E-state index in [1.165, 1.54) is 9.80 Å². The summed E-state index contributed by atoms with van der Waals surface area (Å²) in [7, 11) is 0. The van der Waals surface area contributed by atoms with Crippen molar-refractivity contribution in [2.75, 3.05) is 6.61 Å². The Morgan fingerprint density at radius 1 is 1.12 bits per heavy atom. The normalized spacial score (nSPS) is 24.5. The lowest BCUT2D eigenvalue weighted by Crippen LogP contribution is -2.74. The average Bonchev–Trinajstić information content (AvgIpc) is 3.20. The lowest BCUT2D eigenvalue weighted by Gasteiger charge is -2.52. The fraction of sp³-hybridized carbons (Fsp3) is 0.346. The molecule has 2 aromatic rings. The van der Waals surface area contributed by atoms with Crippen LogP contribution in [0.15, 0.2) is 66.7 Å². The lowest BCUT2D eigenvalue weighted by molar-refractivity contribution is -0.170. The van der Waals surface area contributed by atoms with E-state index in [1.807, 2.05) is 86.7 Å². The van der Waals surface area contributed by atoms with Crippen LogP contribution in [0.4, 0.5) is 4.79 Å². The molecule has 4 rings (SSSR count). The molecule has 1 N–H and O–H groups in total. The van der Waals surface area contributed by atoms with Crippen molar-refractivity contribution in [3.05, 3.63) is 77.9 Å². The zero-order chi connectivity index (χ0) is 23.5. The maximum atomic E-state index is 13.4. The molecule has 0 radical (unpaired) electrons. The van der Waals surface area contributed by atoms with E-state index in [1.54, 1.807) is 0 Å². The van der Waals surface area contributed by atoms with E-state index >= 15 is 0 Å². The van der Waals surface area contributed by atoms with Crippen molar-refractivity contribution in [2.45, 2.75) is 44.4 Å². The summed E-state index contributed by atoms with van der Waals surface area (Å²) >= 11 is 0. The van der Waals surface area contributed by atoms with Crippen LogP contribution in [0.2, 0.25) is 0 Å². The lowest BCUT2D eigenvalue weighted by atomic mass is 9.85. The van der Waals surface area contributed by atoms with Gasteiger partial charge in [0.05, 0.1) is 12.1 Å². The summed E-state index contributed by atoms with van der Waals surface area (Å²) < 4.78 is 5.34. The SMILES string of the molecule is CC[C@H](C)C(C(=O)O)N1C(=O)C(N2C(=O)OC[C@@H]2c2ccccc2)C1C=Cc1ccccc1. The molecule has 0 bridgehead atoms. The molecule has 0 saturated carbocycles. The molecule has 172 valence electrons. The number of β-lactam (4-membered cyclic amide) rings is 1. The highest BCUT2D eigenvalue weighted by molar-refractivity contribution is 5.97. The summed E-state index contributed by atoms with van der Waals surface area (Å²) in [6.07, 6.45) is 3.74. The number of carbonyl (C=O) groups excluding carboxylic acids is 2. The molecule has 0 aromatic heterocycles. The van der Waals surface area contributed by atoms with E-state index in [4.69, 9.17) is 4.74 Å². The third-order valence-electron chi connectivity index (χ3n) is 6.57. The second-order valence-corrected chi connectivity index (χ2v) is 8.53. The topological polar surface area (TPSA) is 87.2 Å². The van der Waals surface area contributed by atoms with E-state index < -0.39 is 36.2 Å². The molecular formula is C26H28N2O5. The number of benzene rings is 2. The molecule has 2 heterocycles. The van der Waals surface area contributed by atoms with Gasteiger partial charge in [-0.2, -0.15) is 0 Å². The van der Waals surface area contributed by atoms with Gasteiger partial charge >= 0.3 is 12.1 Å². The molecule has 0 spiro atoms. The first-order chi connectivity index (χ1) is 15.9. The van der Waals surface area contributed by atoms with Gasteiger partial charge in [0, 0.05) is 0 Å². The number of rotatable bonds is 8. The van der Waals surface area contributed by atoms with E-state index in [0.717, 1.165) is 11.1 Å². The fourth-order valence-electron chi connectivity index (χ4n) is 4.63. The number of amides is 2. The van der Waals surface area contributed by atoms with Crippen LogP contribution in [-0.4, -0.2) is 57.6 Å². The number of nitrogens with zero attached hydrogens (tertiary/aromatic N) is 2. The van der Waals surface area contributed by atoms with E-state index in [2.05, 4.69) is 0 Å². The van der Waals surface area contributed by atoms with Crippen LogP contribution < -0.4 is 0 Å². The molecule has 2 aliphatic heterocycles. The number of carboxylic acids is 1. The summed E-state index contributed by atoms with van der Waals surface area (Å²) in [6, 6.07) is 16.2. The number of carboxylic acid groups (broad SMARTS) is 1. The predicted molar refractivity (Wildman–Crippen MR) is 123 cm³/mol. The van der Waals surface area contributed by atoms with Crippen molar-refractivity contribution in [3.63, 3.8) is 0 Å². The molecule has 2 aliphatic rings. The smallest absolute Gasteiger partial charge is 0.411 e. The fourth-order valence-corrected chi connectivity index (χ4v) is 4.63. The Kier molecular flexibility index (Phi) is 6.49. The van der Waals surface area contributed by atoms with Crippen molar-refractivity contribution < 1.29 is 24.2 Å². The van der Waals surface area contributed by atoms with E-state index in [-0.39, 0.29) is 18.4 Å². The standard InChI is InChI=1S/C26H28N2O5/c1-3-17(2)22(25(30)31)27-20(15-14-18-10-6-4-7-11-18)23(24(27)29)28-21(16-33-26(28)32)19-12-8-5-9-13-19/h4-15,17,20-23H,3,16H2,1-2H3,(H,30,31)/t17-,20?,21+,22?,23?/m0/s1. The summed E-state index contributed by atoms with van der Waals surface area (Å²) in [5.74, 6) is -1.65. The second-order valence-electron chi connectivity index (χ2n) is 8.53. The van der Waals surface area contributed by atoms with Crippen LogP contribution >= 0.6 is 0 Å². The number of likely N-dealkylation sites (tertiary alicyclic amines) is 1. The summed E-state index contributed by atoms with van der Waals surface area (Å²) in [4.78, 5) is 41.2. The van der Waals surface area contributed by atoms with Crippen molar-refractivity contribution >= 4 is 24.0 Å². The molecule has 2 fully saturated rings. The molecule has 2 amide bonds. The Balaban J connectivity index is 1.71. The first-order valence-corrected chi connectivity index (χ1v) is 11.2. The Labute approximate surface area is 193 Å². The molecule has 7 heteroatoms. The van der Waals surface area contributed by atoms with Crippen LogP contribution in [0.25, 0.3) is 6.08 Å². The van der Waals surface area contributed by atoms with Gasteiger partial charge in [-0.25, -0.2) is 9.59 Å². The van der Waals surface area contributed by atoms with Gasteiger partial charge in [0.1, 0.15) is 18.7 Å². The number of cyclic esters (lactones) is 1. The number of ether oxygens (including phenoxy) is 1. The number of aliphatic carboxylic acids is 1. The quantitative estimate of drug-likeness (QED) is 0.618. The van der Waals surface area contributed by atoms with Crippen LogP contribution in [-0.2, 0) is 14.3 Å². The molecule has 2 saturated heterocycles. The Morgan fingerprint density at radius 3 is 2.36 bits per heavy atom. The highest BCUT2D eigenvalue weighted by Crippen LogP contribution is 2.39. The van der Waals surface area contributed by atoms with Crippen molar-refractivity contribution in [2.24, 2.45) is 5.92 Å². The third kappa shape index (κ3) is 4.23. The Hall–Kier alpha value is -3.61. The van der Waals surface area contributed by atoms with Gasteiger partial charge < -0.3 is 14.7 Å². The van der Waals surface area contributed by atoms with Crippen LogP contribution in [0.3, 0.4) is 0 Å². The number of carbonyl (C=O) groups is 3. The summed E-state index contributed by atoms with van der Waals surface area (Å²) in [5.41, 5.74) is 1.80. The second kappa shape index (κ2) is 9.48. The maximum absolute atomic E-state index is 13.4. The monoisotopic (exact) mass is 448 g/mol. The Bertz CT molecular complexity index is 1040. The average molecular weight is 449 g/mol.